The number of furan rings is 2. The summed E-state index contributed by atoms with van der Waals surface area (Å²) < 4.78 is 14.2. The van der Waals surface area contributed by atoms with E-state index in [0.717, 1.165) is 72.6 Å². The zero-order valence-electron chi connectivity index (χ0n) is 36.8. The zero-order chi connectivity index (χ0) is 43.6. The van der Waals surface area contributed by atoms with Crippen LogP contribution in [0.15, 0.2) is 220 Å². The number of fused-ring (bicyclic) bond motifs is 13. The molecule has 4 heteroatoms. The van der Waals surface area contributed by atoms with Gasteiger partial charge in [-0.15, -0.1) is 0 Å². The molecule has 0 amide bonds. The first-order valence-corrected chi connectivity index (χ1v) is 22.7. The van der Waals surface area contributed by atoms with Gasteiger partial charge in [0.1, 0.15) is 16.7 Å². The van der Waals surface area contributed by atoms with E-state index in [2.05, 4.69) is 238 Å². The van der Waals surface area contributed by atoms with E-state index in [0.29, 0.717) is 0 Å². The molecule has 4 nitrogen and oxygen atoms in total. The Morgan fingerprint density at radius 2 is 0.923 bits per heavy atom. The van der Waals surface area contributed by atoms with E-state index in [1.54, 1.807) is 0 Å². The van der Waals surface area contributed by atoms with Crippen molar-refractivity contribution in [1.82, 2.24) is 0 Å². The molecule has 0 fully saturated rings. The van der Waals surface area contributed by atoms with E-state index in [4.69, 9.17) is 8.83 Å². The summed E-state index contributed by atoms with van der Waals surface area (Å²) in [5.41, 5.74) is 18.4. The van der Waals surface area contributed by atoms with Gasteiger partial charge in [-0.3, -0.25) is 0 Å². The van der Waals surface area contributed by atoms with Crippen molar-refractivity contribution in [1.29, 1.82) is 0 Å². The number of rotatable bonds is 6. The molecule has 0 N–H and O–H groups in total. The lowest BCUT2D eigenvalue weighted by molar-refractivity contribution is 0.634. The Bertz CT molecular complexity index is 3570. The third kappa shape index (κ3) is 5.37. The number of hydrogen-bond acceptors (Lipinski definition) is 4. The molecule has 2 aromatic heterocycles. The highest BCUT2D eigenvalue weighted by Crippen LogP contribution is 2.62. The number of nitrogens with zero attached hydrogens (tertiary/aromatic N) is 2. The van der Waals surface area contributed by atoms with Crippen LogP contribution in [0, 0.1) is 0 Å². The van der Waals surface area contributed by atoms with Crippen molar-refractivity contribution < 1.29 is 8.83 Å². The molecule has 0 radical (unpaired) electrons. The van der Waals surface area contributed by atoms with E-state index >= 15 is 0 Å². The summed E-state index contributed by atoms with van der Waals surface area (Å²) in [7, 11) is 0. The van der Waals surface area contributed by atoms with Gasteiger partial charge in [0, 0.05) is 61.2 Å². The molecule has 3 aliphatic rings. The van der Waals surface area contributed by atoms with Crippen molar-refractivity contribution in [2.45, 2.75) is 44.4 Å². The largest absolute Gasteiger partial charge is 0.455 e. The fraction of sp³-hybridized carbons (Fsp3) is 0.115. The minimum Gasteiger partial charge on any atom is -0.455 e. The molecular weight excluding hydrogens is 793 g/mol. The third-order valence-corrected chi connectivity index (χ3v) is 14.5. The quantitative estimate of drug-likeness (QED) is 0.167. The van der Waals surface area contributed by atoms with Crippen LogP contribution in [0.25, 0.3) is 49.5 Å². The predicted octanol–water partition coefficient (Wildman–Crippen LogP) is 17.0. The van der Waals surface area contributed by atoms with Gasteiger partial charge in [-0.25, -0.2) is 0 Å². The first-order valence-electron chi connectivity index (χ1n) is 22.7. The molecule has 1 atom stereocenters. The second-order valence-corrected chi connectivity index (χ2v) is 18.8. The Balaban J connectivity index is 1.07. The smallest absolute Gasteiger partial charge is 0.159 e. The molecule has 8 aromatic carbocycles. The molecule has 3 aliphatic carbocycles. The molecule has 1 unspecified atom stereocenters. The number of anilines is 6. The van der Waals surface area contributed by atoms with Crippen molar-refractivity contribution in [3.8, 4) is 0 Å². The summed E-state index contributed by atoms with van der Waals surface area (Å²) in [6.07, 6.45) is 7.47. The third-order valence-electron chi connectivity index (χ3n) is 14.5. The fourth-order valence-corrected chi connectivity index (χ4v) is 11.5. The molecule has 0 bridgehead atoms. The van der Waals surface area contributed by atoms with Crippen LogP contribution in [0.5, 0.6) is 0 Å². The van der Waals surface area contributed by atoms with Crippen LogP contribution in [-0.4, -0.2) is 0 Å². The van der Waals surface area contributed by atoms with E-state index in [9.17, 15) is 0 Å². The lowest BCUT2D eigenvalue weighted by Gasteiger charge is -2.29. The molecule has 0 saturated carbocycles. The van der Waals surface area contributed by atoms with Gasteiger partial charge >= 0.3 is 0 Å². The first-order chi connectivity index (χ1) is 31.8. The van der Waals surface area contributed by atoms with Crippen LogP contribution in [0.2, 0.25) is 0 Å². The van der Waals surface area contributed by atoms with E-state index in [1.165, 1.54) is 44.4 Å². The Kier molecular flexibility index (Phi) is 8.03. The molecule has 0 spiro atoms. The second-order valence-electron chi connectivity index (χ2n) is 18.8. The number of hydrogen-bond donors (Lipinski definition) is 0. The SMILES string of the molecule is CC1(C)C2=C(C=C3C(C=C2)c2c(cc(N(c4ccccc4)c4ccccc4)c4oc5ccccc5c24)C3(C)C)c2c1cc(N(c1ccccc1)c1ccccc1)c1c2oc2ccccc21. The van der Waals surface area contributed by atoms with Crippen molar-refractivity contribution in [2.24, 2.45) is 0 Å². The summed E-state index contributed by atoms with van der Waals surface area (Å²) in [4.78, 5) is 4.76. The molecule has 312 valence electrons. The molecule has 2 heterocycles. The summed E-state index contributed by atoms with van der Waals surface area (Å²) in [6, 6.07) is 64.8. The lowest BCUT2D eigenvalue weighted by Crippen LogP contribution is -2.18. The van der Waals surface area contributed by atoms with E-state index in [-0.39, 0.29) is 16.7 Å². The molecular formula is C61H46N2O2. The van der Waals surface area contributed by atoms with Gasteiger partial charge in [-0.2, -0.15) is 0 Å². The molecule has 13 rings (SSSR count). The number of para-hydroxylation sites is 6. The molecule has 0 aliphatic heterocycles. The van der Waals surface area contributed by atoms with Crippen molar-refractivity contribution in [2.75, 3.05) is 9.80 Å². The Hall–Kier alpha value is -7.82. The standard InChI is InChI=1S/C61H46N2O2/c1-60(2)46-34-33-42-47(35-45(46)55-49(60)36-50(56-43-29-17-19-31-52(43)65-59(55)56)62(38-21-9-5-10-22-38)39-23-11-6-12-24-39)61(3,4)48-37-51(58-57(54(42)48)44-30-18-20-32-53(44)64-58)63(40-25-13-7-14-26-40)41-27-15-8-16-28-41/h5-37,42H,1-4H3. The van der Waals surface area contributed by atoms with Crippen molar-refractivity contribution >= 4 is 83.6 Å². The van der Waals surface area contributed by atoms with Crippen LogP contribution in [-0.2, 0) is 10.8 Å². The topological polar surface area (TPSA) is 32.8 Å². The summed E-state index contributed by atoms with van der Waals surface area (Å²) in [6.45, 7) is 9.62. The van der Waals surface area contributed by atoms with Gasteiger partial charge in [-0.05, 0) is 106 Å². The molecule has 65 heavy (non-hydrogen) atoms. The van der Waals surface area contributed by atoms with Crippen LogP contribution in [0.1, 0.15) is 55.9 Å². The highest BCUT2D eigenvalue weighted by Gasteiger charge is 2.47. The molecule has 10 aromatic rings. The second kappa shape index (κ2) is 13.8. The maximum atomic E-state index is 7.16. The van der Waals surface area contributed by atoms with Crippen molar-refractivity contribution in [3.63, 3.8) is 0 Å². The van der Waals surface area contributed by atoms with Crippen LogP contribution < -0.4 is 9.80 Å². The molecule has 0 saturated heterocycles. The zero-order valence-corrected chi connectivity index (χ0v) is 36.8. The van der Waals surface area contributed by atoms with Gasteiger partial charge in [0.2, 0.25) is 0 Å². The van der Waals surface area contributed by atoms with Crippen LogP contribution in [0.3, 0.4) is 0 Å². The fourth-order valence-electron chi connectivity index (χ4n) is 11.5. The number of benzene rings is 8. The summed E-state index contributed by atoms with van der Waals surface area (Å²) in [5.74, 6) is 0.0291. The normalized spacial score (nSPS) is 16.7. The predicted molar refractivity (Wildman–Crippen MR) is 270 cm³/mol. The highest BCUT2D eigenvalue weighted by atomic mass is 16.3. The first kappa shape index (κ1) is 37.7. The average Bonchev–Trinajstić information content (AvgIpc) is 3.98. The minimum absolute atomic E-state index is 0.0291. The van der Waals surface area contributed by atoms with E-state index in [1.807, 2.05) is 0 Å². The van der Waals surface area contributed by atoms with Gasteiger partial charge in [0.15, 0.2) is 5.58 Å². The summed E-state index contributed by atoms with van der Waals surface area (Å²) >= 11 is 0. The Morgan fingerprint density at radius 3 is 1.48 bits per heavy atom. The van der Waals surface area contributed by atoms with Crippen molar-refractivity contribution in [3.05, 3.63) is 234 Å². The van der Waals surface area contributed by atoms with Crippen LogP contribution in [0.4, 0.5) is 34.1 Å². The number of allylic oxidation sites excluding steroid dienone is 6. The lowest BCUT2D eigenvalue weighted by atomic mass is 9.79. The van der Waals surface area contributed by atoms with E-state index < -0.39 is 0 Å². The Labute approximate surface area is 378 Å². The Morgan fingerprint density at radius 1 is 0.462 bits per heavy atom. The van der Waals surface area contributed by atoms with Crippen LogP contribution >= 0.6 is 0 Å². The van der Waals surface area contributed by atoms with Gasteiger partial charge in [0.05, 0.1) is 16.8 Å². The summed E-state index contributed by atoms with van der Waals surface area (Å²) in [5, 5.41) is 4.55. The van der Waals surface area contributed by atoms with Gasteiger partial charge in [-0.1, -0.05) is 155 Å². The van der Waals surface area contributed by atoms with Gasteiger partial charge in [0.25, 0.3) is 0 Å². The maximum Gasteiger partial charge on any atom is 0.159 e. The monoisotopic (exact) mass is 838 g/mol. The minimum atomic E-state index is -0.343. The van der Waals surface area contributed by atoms with Gasteiger partial charge < -0.3 is 18.6 Å². The maximum absolute atomic E-state index is 7.16. The highest BCUT2D eigenvalue weighted by molar-refractivity contribution is 6.19. The average molecular weight is 839 g/mol.